The largest absolute Gasteiger partial charge is 0.496 e. The van der Waals surface area contributed by atoms with Crippen LogP contribution >= 0.6 is 11.6 Å². The lowest BCUT2D eigenvalue weighted by atomic mass is 10.2. The second kappa shape index (κ2) is 7.98. The second-order valence-electron chi connectivity index (χ2n) is 5.20. The number of primary sulfonamides is 1. The third-order valence-electron chi connectivity index (χ3n) is 3.29. The van der Waals surface area contributed by atoms with E-state index in [1.165, 1.54) is 25.3 Å². The van der Waals surface area contributed by atoms with Crippen LogP contribution in [0.1, 0.15) is 11.1 Å². The van der Waals surface area contributed by atoms with E-state index in [9.17, 15) is 16.8 Å². The lowest BCUT2D eigenvalue weighted by Gasteiger charge is -2.10. The first-order valence-corrected chi connectivity index (χ1v) is 10.6. The highest BCUT2D eigenvalue weighted by atomic mass is 35.5. The number of halogens is 1. The van der Waals surface area contributed by atoms with E-state index in [1.807, 2.05) is 0 Å². The fourth-order valence-electron chi connectivity index (χ4n) is 2.10. The number of methoxy groups -OCH3 is 1. The molecule has 3 N–H and O–H groups in total. The van der Waals surface area contributed by atoms with Crippen molar-refractivity contribution in [2.45, 2.75) is 4.90 Å². The average molecular weight is 428 g/mol. The van der Waals surface area contributed by atoms with Crippen LogP contribution in [0.15, 0.2) is 46.7 Å². The third kappa shape index (κ3) is 5.45. The van der Waals surface area contributed by atoms with Crippen molar-refractivity contribution in [1.82, 2.24) is 0 Å². The van der Waals surface area contributed by atoms with Crippen LogP contribution < -0.4 is 14.6 Å². The van der Waals surface area contributed by atoms with Gasteiger partial charge in [0, 0.05) is 10.6 Å². The first-order valence-electron chi connectivity index (χ1n) is 7.17. The highest BCUT2D eigenvalue weighted by molar-refractivity contribution is 7.95. The molecule has 0 saturated carbocycles. The number of ether oxygens (including phenoxy) is 1. The van der Waals surface area contributed by atoms with E-state index in [1.54, 1.807) is 18.2 Å². The lowest BCUT2D eigenvalue weighted by Crippen LogP contribution is -2.17. The Hall–Kier alpha value is -2.58. The summed E-state index contributed by atoms with van der Waals surface area (Å²) in [6.45, 7) is 0. The Morgan fingerprint density at radius 3 is 2.48 bits per heavy atom. The van der Waals surface area contributed by atoms with Gasteiger partial charge in [0.1, 0.15) is 10.6 Å². The number of nitriles is 1. The summed E-state index contributed by atoms with van der Waals surface area (Å²) in [5.74, 6) is 0.352. The zero-order valence-corrected chi connectivity index (χ0v) is 16.3. The van der Waals surface area contributed by atoms with Gasteiger partial charge in [-0.3, -0.25) is 4.72 Å². The molecule has 27 heavy (non-hydrogen) atoms. The topological polar surface area (TPSA) is 139 Å². The summed E-state index contributed by atoms with van der Waals surface area (Å²) in [5.41, 5.74) is 0.164. The number of hydrogen-bond acceptors (Lipinski definition) is 6. The first-order chi connectivity index (χ1) is 12.6. The molecule has 0 spiro atoms. The molecule has 11 heteroatoms. The normalized spacial score (nSPS) is 11.9. The molecule has 0 heterocycles. The molecule has 0 unspecified atom stereocenters. The minimum absolute atomic E-state index is 0.0588. The lowest BCUT2D eigenvalue weighted by molar-refractivity contribution is 0.414. The molecule has 0 fully saturated rings. The second-order valence-corrected chi connectivity index (χ2v) is 8.74. The number of nitrogens with one attached hydrogen (secondary N) is 1. The van der Waals surface area contributed by atoms with Crippen LogP contribution in [-0.2, 0) is 20.0 Å². The summed E-state index contributed by atoms with van der Waals surface area (Å²) < 4.78 is 55.2. The predicted molar refractivity (Wildman–Crippen MR) is 102 cm³/mol. The number of nitrogens with zero attached hydrogens (tertiary/aromatic N) is 1. The number of nitrogens with two attached hydrogens (primary N) is 1. The van der Waals surface area contributed by atoms with Gasteiger partial charge in [-0.2, -0.15) is 5.26 Å². The summed E-state index contributed by atoms with van der Waals surface area (Å²) in [5, 5.41) is 15.3. The van der Waals surface area contributed by atoms with Crippen LogP contribution in [0.2, 0.25) is 5.02 Å². The zero-order chi connectivity index (χ0) is 20.2. The summed E-state index contributed by atoms with van der Waals surface area (Å²) in [4.78, 5) is -0.456. The van der Waals surface area contributed by atoms with Gasteiger partial charge in [-0.1, -0.05) is 11.6 Å². The number of anilines is 1. The summed E-state index contributed by atoms with van der Waals surface area (Å²) in [6, 6.07) is 9.76. The van der Waals surface area contributed by atoms with E-state index >= 15 is 0 Å². The fourth-order valence-corrected chi connectivity index (χ4v) is 3.87. The molecular formula is C16H14ClN3O5S2. The Labute approximate surface area is 161 Å². The van der Waals surface area contributed by atoms with E-state index in [2.05, 4.69) is 4.72 Å². The van der Waals surface area contributed by atoms with Gasteiger partial charge in [0.25, 0.3) is 10.0 Å². The van der Waals surface area contributed by atoms with Crippen LogP contribution in [0, 0.1) is 11.3 Å². The van der Waals surface area contributed by atoms with Gasteiger partial charge in [-0.05, 0) is 42.5 Å². The smallest absolute Gasteiger partial charge is 0.255 e. The Kier molecular flexibility index (Phi) is 6.12. The number of benzene rings is 2. The quantitative estimate of drug-likeness (QED) is 0.724. The monoisotopic (exact) mass is 427 g/mol. The molecule has 0 amide bonds. The van der Waals surface area contributed by atoms with Gasteiger partial charge in [0.05, 0.1) is 29.8 Å². The van der Waals surface area contributed by atoms with Crippen LogP contribution in [0.3, 0.4) is 0 Å². The van der Waals surface area contributed by atoms with Crippen molar-refractivity contribution in [3.05, 3.63) is 58.0 Å². The molecule has 0 bridgehead atoms. The summed E-state index contributed by atoms with van der Waals surface area (Å²) in [7, 11) is -6.93. The minimum atomic E-state index is -4.21. The summed E-state index contributed by atoms with van der Waals surface area (Å²) in [6.07, 6.45) is 1.25. The van der Waals surface area contributed by atoms with Crippen molar-refractivity contribution in [2.24, 2.45) is 5.14 Å². The van der Waals surface area contributed by atoms with Gasteiger partial charge >= 0.3 is 0 Å². The van der Waals surface area contributed by atoms with Gasteiger partial charge in [-0.25, -0.2) is 22.0 Å². The molecule has 0 radical (unpaired) electrons. The van der Waals surface area contributed by atoms with Crippen molar-refractivity contribution in [1.29, 1.82) is 5.26 Å². The zero-order valence-electron chi connectivity index (χ0n) is 13.9. The van der Waals surface area contributed by atoms with Gasteiger partial charge in [0.2, 0.25) is 10.0 Å². The molecular weight excluding hydrogens is 414 g/mol. The van der Waals surface area contributed by atoms with Crippen molar-refractivity contribution >= 4 is 43.4 Å². The van der Waals surface area contributed by atoms with E-state index in [0.717, 1.165) is 17.5 Å². The van der Waals surface area contributed by atoms with Crippen molar-refractivity contribution in [3.63, 3.8) is 0 Å². The van der Waals surface area contributed by atoms with Gasteiger partial charge in [-0.15, -0.1) is 0 Å². The highest BCUT2D eigenvalue weighted by Gasteiger charge is 2.18. The average Bonchev–Trinajstić information content (AvgIpc) is 2.59. The molecule has 0 atom stereocenters. The fraction of sp³-hybridized carbons (Fsp3) is 0.0625. The van der Waals surface area contributed by atoms with E-state index < -0.39 is 24.9 Å². The Morgan fingerprint density at radius 2 is 1.89 bits per heavy atom. The highest BCUT2D eigenvalue weighted by Crippen LogP contribution is 2.26. The molecule has 0 saturated heterocycles. The number of sulfonamides is 2. The first kappa shape index (κ1) is 20.7. The van der Waals surface area contributed by atoms with Crippen LogP contribution in [0.25, 0.3) is 6.08 Å². The van der Waals surface area contributed by atoms with E-state index in [4.69, 9.17) is 26.7 Å². The van der Waals surface area contributed by atoms with Crippen LogP contribution in [-0.4, -0.2) is 23.9 Å². The summed E-state index contributed by atoms with van der Waals surface area (Å²) >= 11 is 5.85. The Balaban J connectivity index is 2.41. The minimum Gasteiger partial charge on any atom is -0.496 e. The molecule has 8 nitrogen and oxygen atoms in total. The number of rotatable bonds is 6. The maximum atomic E-state index is 12.3. The SMILES string of the molecule is COc1cc(Cl)ccc1C=CS(=O)(=O)Nc1cc(C#N)ccc1S(N)(=O)=O. The van der Waals surface area contributed by atoms with Crippen molar-refractivity contribution < 1.29 is 21.6 Å². The molecule has 0 aliphatic carbocycles. The maximum absolute atomic E-state index is 12.3. The molecule has 0 aromatic heterocycles. The van der Waals surface area contributed by atoms with Gasteiger partial charge in [0.15, 0.2) is 0 Å². The molecule has 0 aliphatic rings. The van der Waals surface area contributed by atoms with Crippen LogP contribution in [0.5, 0.6) is 5.75 Å². The van der Waals surface area contributed by atoms with Crippen molar-refractivity contribution in [3.8, 4) is 11.8 Å². The number of hydrogen-bond donors (Lipinski definition) is 2. The van der Waals surface area contributed by atoms with Gasteiger partial charge < -0.3 is 4.74 Å². The van der Waals surface area contributed by atoms with Crippen LogP contribution in [0.4, 0.5) is 5.69 Å². The molecule has 0 aliphatic heterocycles. The molecule has 2 aromatic carbocycles. The molecule has 2 aromatic rings. The standard InChI is InChI=1S/C16H14ClN3O5S2/c1-25-15-9-13(17)4-3-12(15)6-7-26(21,22)20-14-8-11(10-18)2-5-16(14)27(19,23)24/h2-9,20H,1H3,(H2,19,23,24). The Bertz CT molecular complexity index is 1150. The third-order valence-corrected chi connectivity index (χ3v) is 5.49. The van der Waals surface area contributed by atoms with Crippen molar-refractivity contribution in [2.75, 3.05) is 11.8 Å². The molecule has 142 valence electrons. The van der Waals surface area contributed by atoms with E-state index in [0.29, 0.717) is 16.3 Å². The maximum Gasteiger partial charge on any atom is 0.255 e. The Morgan fingerprint density at radius 1 is 1.19 bits per heavy atom. The molecule has 2 rings (SSSR count). The predicted octanol–water partition coefficient (Wildman–Crippen LogP) is 2.28. The van der Waals surface area contributed by atoms with E-state index in [-0.39, 0.29) is 11.3 Å².